The summed E-state index contributed by atoms with van der Waals surface area (Å²) >= 11 is 12.1. The zero-order valence-electron chi connectivity index (χ0n) is 11.9. The molecule has 1 aromatic rings. The lowest BCUT2D eigenvalue weighted by molar-refractivity contribution is 0.154. The number of hydrogen-bond acceptors (Lipinski definition) is 2. The molecule has 5 heteroatoms. The Hall–Kier alpha value is 0.01000. The van der Waals surface area contributed by atoms with E-state index < -0.39 is 0 Å². The maximum Gasteiger partial charge on any atom is 0.0595 e. The fourth-order valence-electron chi connectivity index (χ4n) is 2.72. The van der Waals surface area contributed by atoms with Crippen molar-refractivity contribution in [1.82, 2.24) is 10.2 Å². The van der Waals surface area contributed by atoms with Crippen LogP contribution in [0.1, 0.15) is 31.7 Å². The van der Waals surface area contributed by atoms with Crippen LogP contribution in [0.3, 0.4) is 0 Å². The highest BCUT2D eigenvalue weighted by Gasteiger charge is 2.20. The maximum atomic E-state index is 6.10. The normalized spacial score (nSPS) is 16.2. The molecule has 1 fully saturated rings. The number of nitrogens with one attached hydrogen (secondary N) is 1. The molecule has 2 rings (SSSR count). The first-order valence-electron chi connectivity index (χ1n) is 7.09. The Morgan fingerprint density at radius 1 is 1.20 bits per heavy atom. The summed E-state index contributed by atoms with van der Waals surface area (Å²) in [5.41, 5.74) is 1.25. The zero-order chi connectivity index (χ0) is 13.7. The lowest BCUT2D eigenvalue weighted by atomic mass is 10.0. The summed E-state index contributed by atoms with van der Waals surface area (Å²) in [4.78, 5) is 2.58. The van der Waals surface area contributed by atoms with Crippen molar-refractivity contribution in [2.45, 2.75) is 38.8 Å². The van der Waals surface area contributed by atoms with E-state index in [1.807, 2.05) is 12.1 Å². The molecule has 2 nitrogen and oxygen atoms in total. The van der Waals surface area contributed by atoms with Gasteiger partial charge >= 0.3 is 0 Å². The van der Waals surface area contributed by atoms with Gasteiger partial charge in [0.1, 0.15) is 0 Å². The lowest BCUT2D eigenvalue weighted by Gasteiger charge is -2.34. The van der Waals surface area contributed by atoms with Crippen LogP contribution in [0.5, 0.6) is 0 Å². The van der Waals surface area contributed by atoms with Crippen molar-refractivity contribution in [2.24, 2.45) is 0 Å². The Morgan fingerprint density at radius 2 is 1.90 bits per heavy atom. The zero-order valence-corrected chi connectivity index (χ0v) is 14.2. The summed E-state index contributed by atoms with van der Waals surface area (Å²) in [7, 11) is 0. The number of rotatable bonds is 5. The molecule has 1 N–H and O–H groups in total. The molecule has 1 aliphatic heterocycles. The van der Waals surface area contributed by atoms with Crippen molar-refractivity contribution in [3.05, 3.63) is 33.8 Å². The summed E-state index contributed by atoms with van der Waals surface area (Å²) in [5.74, 6) is 0. The van der Waals surface area contributed by atoms with Gasteiger partial charge < -0.3 is 5.32 Å². The van der Waals surface area contributed by atoms with Crippen LogP contribution in [0.2, 0.25) is 10.0 Å². The van der Waals surface area contributed by atoms with Gasteiger partial charge in [0, 0.05) is 12.6 Å². The molecule has 0 amide bonds. The molecule has 1 aliphatic rings. The van der Waals surface area contributed by atoms with Crippen molar-refractivity contribution in [1.29, 1.82) is 0 Å². The Bertz CT molecular complexity index is 406. The standard InChI is InChI=1S/C15H22Cl2N2.ClH/c1-2-9-19(13-5-7-18-8-6-13)11-12-3-4-14(16)15(17)10-12;/h3-4,10,13,18H,2,5-9,11H2,1H3;1H. The molecular formula is C15H23Cl3N2. The summed E-state index contributed by atoms with van der Waals surface area (Å²) in [6.07, 6.45) is 3.66. The van der Waals surface area contributed by atoms with Crippen LogP contribution in [-0.4, -0.2) is 30.6 Å². The largest absolute Gasteiger partial charge is 0.317 e. The minimum absolute atomic E-state index is 0. The van der Waals surface area contributed by atoms with Crippen molar-refractivity contribution in [2.75, 3.05) is 19.6 Å². The van der Waals surface area contributed by atoms with Crippen LogP contribution in [0.15, 0.2) is 18.2 Å². The van der Waals surface area contributed by atoms with Gasteiger partial charge in [-0.05, 0) is 56.6 Å². The predicted molar refractivity (Wildman–Crippen MR) is 90.3 cm³/mol. The molecule has 1 aromatic carbocycles. The Kier molecular flexibility index (Phi) is 8.23. The monoisotopic (exact) mass is 336 g/mol. The summed E-state index contributed by atoms with van der Waals surface area (Å²) in [5, 5.41) is 4.71. The molecule has 1 saturated heterocycles. The second-order valence-corrected chi connectivity index (χ2v) is 6.01. The fraction of sp³-hybridized carbons (Fsp3) is 0.600. The van der Waals surface area contributed by atoms with Gasteiger partial charge in [-0.2, -0.15) is 0 Å². The van der Waals surface area contributed by atoms with E-state index in [4.69, 9.17) is 23.2 Å². The van der Waals surface area contributed by atoms with Crippen LogP contribution in [0.25, 0.3) is 0 Å². The van der Waals surface area contributed by atoms with Gasteiger partial charge in [0.15, 0.2) is 0 Å². The van der Waals surface area contributed by atoms with Crippen molar-refractivity contribution in [3.63, 3.8) is 0 Å². The van der Waals surface area contributed by atoms with E-state index in [0.717, 1.165) is 26.2 Å². The topological polar surface area (TPSA) is 15.3 Å². The molecule has 0 aliphatic carbocycles. The van der Waals surface area contributed by atoms with Gasteiger partial charge in [0.2, 0.25) is 0 Å². The first kappa shape index (κ1) is 18.1. The maximum absolute atomic E-state index is 6.10. The minimum atomic E-state index is 0. The minimum Gasteiger partial charge on any atom is -0.317 e. The molecule has 0 atom stereocenters. The van der Waals surface area contributed by atoms with Gasteiger partial charge in [0.25, 0.3) is 0 Å². The average Bonchev–Trinajstić information content (AvgIpc) is 2.43. The molecule has 20 heavy (non-hydrogen) atoms. The molecule has 114 valence electrons. The molecular weight excluding hydrogens is 315 g/mol. The Morgan fingerprint density at radius 3 is 2.50 bits per heavy atom. The third-order valence-corrected chi connectivity index (χ3v) is 4.44. The SMILES string of the molecule is CCCN(Cc1ccc(Cl)c(Cl)c1)C1CCNCC1.Cl. The van der Waals surface area contributed by atoms with Crippen LogP contribution >= 0.6 is 35.6 Å². The first-order chi connectivity index (χ1) is 9.20. The predicted octanol–water partition coefficient (Wildman–Crippen LogP) is 4.38. The quantitative estimate of drug-likeness (QED) is 0.858. The van der Waals surface area contributed by atoms with Crippen molar-refractivity contribution < 1.29 is 0 Å². The van der Waals surface area contributed by atoms with E-state index in [1.54, 1.807) is 0 Å². The second kappa shape index (κ2) is 9.11. The van der Waals surface area contributed by atoms with Crippen LogP contribution < -0.4 is 5.32 Å². The molecule has 0 bridgehead atoms. The highest BCUT2D eigenvalue weighted by atomic mass is 35.5. The molecule has 1 heterocycles. The second-order valence-electron chi connectivity index (χ2n) is 5.20. The van der Waals surface area contributed by atoms with Gasteiger partial charge in [0.05, 0.1) is 10.0 Å². The van der Waals surface area contributed by atoms with Gasteiger partial charge in [-0.15, -0.1) is 12.4 Å². The molecule has 0 radical (unpaired) electrons. The lowest BCUT2D eigenvalue weighted by Crippen LogP contribution is -2.43. The number of hydrogen-bond donors (Lipinski definition) is 1. The van der Waals surface area contributed by atoms with E-state index >= 15 is 0 Å². The third-order valence-electron chi connectivity index (χ3n) is 3.71. The van der Waals surface area contributed by atoms with Crippen LogP contribution in [0, 0.1) is 0 Å². The van der Waals surface area contributed by atoms with Crippen molar-refractivity contribution >= 4 is 35.6 Å². The highest BCUT2D eigenvalue weighted by molar-refractivity contribution is 6.42. The number of nitrogens with zero attached hydrogens (tertiary/aromatic N) is 1. The molecule has 0 aromatic heterocycles. The molecule has 0 spiro atoms. The van der Waals surface area contributed by atoms with Gasteiger partial charge in [-0.3, -0.25) is 4.90 Å². The van der Waals surface area contributed by atoms with E-state index in [-0.39, 0.29) is 12.4 Å². The average molecular weight is 338 g/mol. The van der Waals surface area contributed by atoms with Crippen molar-refractivity contribution in [3.8, 4) is 0 Å². The number of benzene rings is 1. The molecule has 0 unspecified atom stereocenters. The van der Waals surface area contributed by atoms with Gasteiger partial charge in [-0.25, -0.2) is 0 Å². The fourth-order valence-corrected chi connectivity index (χ4v) is 3.04. The van der Waals surface area contributed by atoms with E-state index in [0.29, 0.717) is 16.1 Å². The first-order valence-corrected chi connectivity index (χ1v) is 7.85. The van der Waals surface area contributed by atoms with Gasteiger partial charge in [-0.1, -0.05) is 36.2 Å². The van der Waals surface area contributed by atoms with Crippen LogP contribution in [0.4, 0.5) is 0 Å². The molecule has 0 saturated carbocycles. The number of piperidine rings is 1. The Labute approximate surface area is 138 Å². The summed E-state index contributed by atoms with van der Waals surface area (Å²) in [6.45, 7) is 6.61. The number of halogens is 3. The van der Waals surface area contributed by atoms with Crippen LogP contribution in [-0.2, 0) is 6.54 Å². The summed E-state index contributed by atoms with van der Waals surface area (Å²) < 4.78 is 0. The van der Waals surface area contributed by atoms with E-state index in [1.165, 1.54) is 24.8 Å². The summed E-state index contributed by atoms with van der Waals surface area (Å²) in [6, 6.07) is 6.66. The van der Waals surface area contributed by atoms with E-state index in [9.17, 15) is 0 Å². The smallest absolute Gasteiger partial charge is 0.0595 e. The third kappa shape index (κ3) is 5.09. The highest BCUT2D eigenvalue weighted by Crippen LogP contribution is 2.24. The Balaban J connectivity index is 0.00000200. The van der Waals surface area contributed by atoms with E-state index in [2.05, 4.69) is 23.2 Å².